The van der Waals surface area contributed by atoms with Crippen LogP contribution in [0.4, 0.5) is 11.4 Å². The Morgan fingerprint density at radius 1 is 1.08 bits per heavy atom. The molecule has 0 bridgehead atoms. The lowest BCUT2D eigenvalue weighted by molar-refractivity contribution is 0.0601. The van der Waals surface area contributed by atoms with Crippen LogP contribution in [0.1, 0.15) is 28.8 Å². The molecule has 0 spiro atoms. The van der Waals surface area contributed by atoms with Crippen molar-refractivity contribution < 1.29 is 17.9 Å². The molecule has 2 aromatic rings. The van der Waals surface area contributed by atoms with E-state index in [0.29, 0.717) is 17.4 Å². The second-order valence-corrected chi connectivity index (χ2v) is 7.77. The van der Waals surface area contributed by atoms with Gasteiger partial charge in [-0.2, -0.15) is 0 Å². The van der Waals surface area contributed by atoms with Crippen molar-refractivity contribution in [2.24, 2.45) is 0 Å². The van der Waals surface area contributed by atoms with E-state index in [-0.39, 0.29) is 10.5 Å². The Balaban J connectivity index is 1.95. The van der Waals surface area contributed by atoms with Crippen LogP contribution in [0.5, 0.6) is 0 Å². The van der Waals surface area contributed by atoms with Gasteiger partial charge >= 0.3 is 5.97 Å². The molecule has 0 heterocycles. The Labute approximate surface area is 147 Å². The molecule has 3 rings (SSSR count). The van der Waals surface area contributed by atoms with Crippen molar-refractivity contribution in [1.29, 1.82) is 0 Å². The van der Waals surface area contributed by atoms with Gasteiger partial charge in [0.05, 0.1) is 28.9 Å². The van der Waals surface area contributed by atoms with Gasteiger partial charge in [0.2, 0.25) is 0 Å². The van der Waals surface area contributed by atoms with Gasteiger partial charge in [-0.05, 0) is 50.1 Å². The third-order valence-corrected chi connectivity index (χ3v) is 5.33. The number of methoxy groups -OCH3 is 1. The smallest absolute Gasteiger partial charge is 0.337 e. The highest BCUT2D eigenvalue weighted by Crippen LogP contribution is 2.32. The number of aryl methyl sites for hydroxylation is 1. The van der Waals surface area contributed by atoms with Crippen LogP contribution in [0.3, 0.4) is 0 Å². The van der Waals surface area contributed by atoms with Gasteiger partial charge in [0.1, 0.15) is 0 Å². The van der Waals surface area contributed by atoms with Crippen molar-refractivity contribution in [1.82, 2.24) is 0 Å². The molecule has 7 heteroatoms. The average molecular weight is 360 g/mol. The van der Waals surface area contributed by atoms with E-state index in [9.17, 15) is 13.2 Å². The molecule has 0 aliphatic heterocycles. The zero-order chi connectivity index (χ0) is 18.0. The zero-order valence-corrected chi connectivity index (χ0v) is 14.9. The summed E-state index contributed by atoms with van der Waals surface area (Å²) in [5.41, 5.74) is 2.23. The number of rotatable bonds is 6. The minimum atomic E-state index is -3.76. The third kappa shape index (κ3) is 4.11. The highest BCUT2D eigenvalue weighted by molar-refractivity contribution is 7.92. The lowest BCUT2D eigenvalue weighted by atomic mass is 10.1. The molecular formula is C18H20N2O4S. The highest BCUT2D eigenvalue weighted by atomic mass is 32.2. The van der Waals surface area contributed by atoms with E-state index in [2.05, 4.69) is 10.0 Å². The summed E-state index contributed by atoms with van der Waals surface area (Å²) in [6, 6.07) is 11.7. The summed E-state index contributed by atoms with van der Waals surface area (Å²) in [6.07, 6.45) is 2.09. The van der Waals surface area contributed by atoms with Gasteiger partial charge in [-0.25, -0.2) is 13.2 Å². The average Bonchev–Trinajstić information content (AvgIpc) is 3.40. The Morgan fingerprint density at radius 3 is 2.36 bits per heavy atom. The second kappa shape index (κ2) is 6.76. The van der Waals surface area contributed by atoms with Crippen LogP contribution in [-0.2, 0) is 14.8 Å². The van der Waals surface area contributed by atoms with Crippen LogP contribution >= 0.6 is 0 Å². The van der Waals surface area contributed by atoms with E-state index in [1.807, 2.05) is 6.92 Å². The van der Waals surface area contributed by atoms with E-state index < -0.39 is 16.0 Å². The Morgan fingerprint density at radius 2 is 1.76 bits per heavy atom. The van der Waals surface area contributed by atoms with Crippen LogP contribution in [0.2, 0.25) is 0 Å². The third-order valence-electron chi connectivity index (χ3n) is 3.95. The molecule has 0 saturated heterocycles. The topological polar surface area (TPSA) is 84.5 Å². The molecule has 1 fully saturated rings. The first-order valence-electron chi connectivity index (χ1n) is 7.97. The van der Waals surface area contributed by atoms with Crippen molar-refractivity contribution in [3.63, 3.8) is 0 Å². The van der Waals surface area contributed by atoms with E-state index in [4.69, 9.17) is 4.74 Å². The lowest BCUT2D eigenvalue weighted by Gasteiger charge is -2.15. The molecule has 1 aliphatic rings. The van der Waals surface area contributed by atoms with Gasteiger partial charge in [0.15, 0.2) is 0 Å². The van der Waals surface area contributed by atoms with E-state index >= 15 is 0 Å². The van der Waals surface area contributed by atoms with E-state index in [0.717, 1.165) is 18.4 Å². The number of ether oxygens (including phenoxy) is 1. The van der Waals surface area contributed by atoms with Crippen LogP contribution in [0, 0.1) is 6.92 Å². The summed E-state index contributed by atoms with van der Waals surface area (Å²) >= 11 is 0. The SMILES string of the molecule is COC(=O)c1ccc(NC2CC2)c(NS(=O)(=O)c2ccc(C)cc2)c1. The van der Waals surface area contributed by atoms with Gasteiger partial charge in [-0.3, -0.25) is 4.72 Å². The molecule has 25 heavy (non-hydrogen) atoms. The maximum Gasteiger partial charge on any atom is 0.337 e. The van der Waals surface area contributed by atoms with Gasteiger partial charge in [0.25, 0.3) is 10.0 Å². The standard InChI is InChI=1S/C18H20N2O4S/c1-12-3-8-15(9-4-12)25(22,23)20-17-11-13(18(21)24-2)5-10-16(17)19-14-6-7-14/h3-5,8-11,14,19-20H,6-7H2,1-2H3. The van der Waals surface area contributed by atoms with Crippen molar-refractivity contribution in [2.75, 3.05) is 17.1 Å². The maximum atomic E-state index is 12.7. The van der Waals surface area contributed by atoms with E-state index in [1.165, 1.54) is 13.2 Å². The summed E-state index contributed by atoms with van der Waals surface area (Å²) in [5.74, 6) is -0.520. The van der Waals surface area contributed by atoms with Gasteiger partial charge < -0.3 is 10.1 Å². The number of anilines is 2. The largest absolute Gasteiger partial charge is 0.465 e. The minimum absolute atomic E-state index is 0.166. The number of carbonyl (C=O) groups is 1. The first-order valence-corrected chi connectivity index (χ1v) is 9.46. The minimum Gasteiger partial charge on any atom is -0.465 e. The number of nitrogens with one attached hydrogen (secondary N) is 2. The summed E-state index contributed by atoms with van der Waals surface area (Å²) < 4.78 is 32.6. The molecule has 132 valence electrons. The second-order valence-electron chi connectivity index (χ2n) is 6.09. The quantitative estimate of drug-likeness (QED) is 0.773. The van der Waals surface area contributed by atoms with Crippen molar-refractivity contribution in [3.05, 3.63) is 53.6 Å². The first kappa shape index (κ1) is 17.3. The number of carbonyl (C=O) groups excluding carboxylic acids is 1. The fraction of sp³-hybridized carbons (Fsp3) is 0.278. The number of hydrogen-bond acceptors (Lipinski definition) is 5. The number of benzene rings is 2. The summed E-state index contributed by atoms with van der Waals surface area (Å²) in [5, 5.41) is 3.27. The number of esters is 1. The molecule has 0 aromatic heterocycles. The molecule has 2 N–H and O–H groups in total. The normalized spacial score (nSPS) is 14.0. The predicted octanol–water partition coefficient (Wildman–Crippen LogP) is 3.16. The fourth-order valence-electron chi connectivity index (χ4n) is 2.37. The molecule has 0 atom stereocenters. The zero-order valence-electron chi connectivity index (χ0n) is 14.1. The predicted molar refractivity (Wildman–Crippen MR) is 96.4 cm³/mol. The lowest BCUT2D eigenvalue weighted by Crippen LogP contribution is -2.16. The van der Waals surface area contributed by atoms with Crippen LogP contribution in [0.25, 0.3) is 0 Å². The van der Waals surface area contributed by atoms with Crippen LogP contribution in [0.15, 0.2) is 47.4 Å². The van der Waals surface area contributed by atoms with Crippen molar-refractivity contribution in [3.8, 4) is 0 Å². The fourth-order valence-corrected chi connectivity index (χ4v) is 3.44. The molecular weight excluding hydrogens is 340 g/mol. The molecule has 6 nitrogen and oxygen atoms in total. The Hall–Kier alpha value is -2.54. The van der Waals surface area contributed by atoms with Crippen LogP contribution < -0.4 is 10.0 Å². The molecule has 0 unspecified atom stereocenters. The van der Waals surface area contributed by atoms with Crippen molar-refractivity contribution >= 4 is 27.4 Å². The van der Waals surface area contributed by atoms with Gasteiger partial charge in [-0.1, -0.05) is 17.7 Å². The monoisotopic (exact) mass is 360 g/mol. The number of hydrogen-bond donors (Lipinski definition) is 2. The summed E-state index contributed by atoms with van der Waals surface area (Å²) in [6.45, 7) is 1.89. The molecule has 1 saturated carbocycles. The first-order chi connectivity index (χ1) is 11.9. The van der Waals surface area contributed by atoms with Crippen LogP contribution in [-0.4, -0.2) is 27.5 Å². The van der Waals surface area contributed by atoms with E-state index in [1.54, 1.807) is 36.4 Å². The molecule has 0 radical (unpaired) electrons. The molecule has 0 amide bonds. The van der Waals surface area contributed by atoms with Crippen molar-refractivity contribution in [2.45, 2.75) is 30.7 Å². The Kier molecular flexibility index (Phi) is 4.67. The Bertz CT molecular complexity index is 888. The molecule has 2 aromatic carbocycles. The van der Waals surface area contributed by atoms with Gasteiger partial charge in [-0.15, -0.1) is 0 Å². The summed E-state index contributed by atoms with van der Waals surface area (Å²) in [7, 11) is -2.47. The molecule has 1 aliphatic carbocycles. The highest BCUT2D eigenvalue weighted by Gasteiger charge is 2.24. The maximum absolute atomic E-state index is 12.7. The number of sulfonamides is 1. The summed E-state index contributed by atoms with van der Waals surface area (Å²) in [4.78, 5) is 11.9. The van der Waals surface area contributed by atoms with Gasteiger partial charge in [0, 0.05) is 6.04 Å².